The van der Waals surface area contributed by atoms with E-state index < -0.39 is 5.79 Å². The topological polar surface area (TPSA) is 44.8 Å². The first kappa shape index (κ1) is 17.0. The quantitative estimate of drug-likeness (QED) is 0.828. The summed E-state index contributed by atoms with van der Waals surface area (Å²) in [7, 11) is 3.44. The Balaban J connectivity index is 1.67. The summed E-state index contributed by atoms with van der Waals surface area (Å²) in [5, 5.41) is 0. The number of ketones is 1. The fourth-order valence-corrected chi connectivity index (χ4v) is 5.97. The molecule has 1 aliphatic heterocycles. The normalized spacial score (nSPS) is 37.0. The van der Waals surface area contributed by atoms with Crippen molar-refractivity contribution < 1.29 is 19.0 Å². The molecule has 0 amide bonds. The number of aryl methyl sites for hydroxylation is 1. The van der Waals surface area contributed by atoms with Crippen LogP contribution in [0.2, 0.25) is 0 Å². The number of carbonyl (C=O) groups excluding carboxylic acids is 1. The second kappa shape index (κ2) is 6.10. The minimum absolute atomic E-state index is 0.0218. The van der Waals surface area contributed by atoms with E-state index >= 15 is 0 Å². The van der Waals surface area contributed by atoms with E-state index in [0.717, 1.165) is 62.0 Å². The lowest BCUT2D eigenvalue weighted by atomic mass is 9.63. The zero-order valence-electron chi connectivity index (χ0n) is 15.5. The number of fused-ring (bicyclic) bond motifs is 2. The van der Waals surface area contributed by atoms with Crippen LogP contribution in [0.15, 0.2) is 18.2 Å². The van der Waals surface area contributed by atoms with E-state index in [9.17, 15) is 4.79 Å². The van der Waals surface area contributed by atoms with E-state index in [0.29, 0.717) is 11.7 Å². The third kappa shape index (κ3) is 2.23. The van der Waals surface area contributed by atoms with Crippen molar-refractivity contribution in [3.05, 3.63) is 29.3 Å². The average molecular weight is 344 g/mol. The van der Waals surface area contributed by atoms with Crippen molar-refractivity contribution in [2.24, 2.45) is 17.3 Å². The molecule has 0 N–H and O–H groups in total. The molecule has 1 saturated carbocycles. The number of ether oxygens (including phenoxy) is 3. The summed E-state index contributed by atoms with van der Waals surface area (Å²) in [4.78, 5) is 13.3. The van der Waals surface area contributed by atoms with Crippen LogP contribution in [0.1, 0.15) is 54.9 Å². The monoisotopic (exact) mass is 344 g/mol. The van der Waals surface area contributed by atoms with E-state index in [-0.39, 0.29) is 11.3 Å². The van der Waals surface area contributed by atoms with Gasteiger partial charge < -0.3 is 14.2 Å². The Hall–Kier alpha value is -1.39. The van der Waals surface area contributed by atoms with E-state index in [4.69, 9.17) is 14.2 Å². The first-order valence-corrected chi connectivity index (χ1v) is 9.51. The van der Waals surface area contributed by atoms with Crippen molar-refractivity contribution in [1.82, 2.24) is 0 Å². The highest BCUT2D eigenvalue weighted by atomic mass is 16.7. The van der Waals surface area contributed by atoms with E-state index in [1.54, 1.807) is 14.2 Å². The molecule has 1 aromatic carbocycles. The van der Waals surface area contributed by atoms with E-state index in [1.165, 1.54) is 0 Å². The fourth-order valence-electron chi connectivity index (χ4n) is 5.97. The lowest BCUT2D eigenvalue weighted by Gasteiger charge is -2.44. The number of rotatable bonds is 4. The summed E-state index contributed by atoms with van der Waals surface area (Å²) in [5.41, 5.74) is 1.99. The van der Waals surface area contributed by atoms with Crippen molar-refractivity contribution in [1.29, 1.82) is 0 Å². The van der Waals surface area contributed by atoms with Crippen molar-refractivity contribution in [2.45, 2.75) is 51.2 Å². The van der Waals surface area contributed by atoms with E-state index in [2.05, 4.69) is 6.92 Å². The molecule has 4 nitrogen and oxygen atoms in total. The second-order valence-corrected chi connectivity index (χ2v) is 7.74. The van der Waals surface area contributed by atoms with Gasteiger partial charge in [-0.15, -0.1) is 0 Å². The van der Waals surface area contributed by atoms with Crippen LogP contribution in [0.5, 0.6) is 5.75 Å². The van der Waals surface area contributed by atoms with Crippen LogP contribution in [0, 0.1) is 17.3 Å². The van der Waals surface area contributed by atoms with Crippen LogP contribution >= 0.6 is 0 Å². The molecule has 1 heterocycles. The van der Waals surface area contributed by atoms with Gasteiger partial charge in [-0.25, -0.2) is 0 Å². The Morgan fingerprint density at radius 2 is 2.08 bits per heavy atom. The summed E-state index contributed by atoms with van der Waals surface area (Å²) in [6.07, 6.45) is 5.79. The van der Waals surface area contributed by atoms with Crippen LogP contribution in [0.4, 0.5) is 0 Å². The minimum Gasteiger partial charge on any atom is -0.497 e. The molecule has 4 heteroatoms. The number of carbonyl (C=O) groups is 1. The highest BCUT2D eigenvalue weighted by molar-refractivity contribution is 6.00. The first-order valence-electron chi connectivity index (χ1n) is 9.51. The summed E-state index contributed by atoms with van der Waals surface area (Å²) in [5.74, 6) is 1.09. The van der Waals surface area contributed by atoms with Gasteiger partial charge in [-0.05, 0) is 61.8 Å². The Bertz CT molecular complexity index is 684. The van der Waals surface area contributed by atoms with Gasteiger partial charge in [-0.3, -0.25) is 4.79 Å². The number of hydrogen-bond acceptors (Lipinski definition) is 4. The lowest BCUT2D eigenvalue weighted by molar-refractivity contribution is -0.239. The molecule has 1 saturated heterocycles. The van der Waals surface area contributed by atoms with Crippen LogP contribution in [-0.4, -0.2) is 32.4 Å². The van der Waals surface area contributed by atoms with Gasteiger partial charge in [0.05, 0.1) is 13.7 Å². The molecule has 4 atom stereocenters. The lowest BCUT2D eigenvalue weighted by Crippen LogP contribution is -2.48. The van der Waals surface area contributed by atoms with Crippen molar-refractivity contribution in [3.8, 4) is 5.75 Å². The molecule has 0 radical (unpaired) electrons. The van der Waals surface area contributed by atoms with Gasteiger partial charge in [0.2, 0.25) is 0 Å². The molecular weight excluding hydrogens is 316 g/mol. The predicted octanol–water partition coefficient (Wildman–Crippen LogP) is 4.01. The molecule has 0 unspecified atom stereocenters. The average Bonchev–Trinajstić information content (AvgIpc) is 3.16. The SMILES string of the molecule is CC[C@@]12CCO[C@]1(OC)CC[C@H]2[C@H]1CCc2cc(OC)ccc2C1=O. The smallest absolute Gasteiger partial charge is 0.173 e. The summed E-state index contributed by atoms with van der Waals surface area (Å²) in [6, 6.07) is 5.87. The summed E-state index contributed by atoms with van der Waals surface area (Å²) < 4.78 is 17.4. The molecular formula is C21H28O4. The molecule has 25 heavy (non-hydrogen) atoms. The molecule has 4 rings (SSSR count). The summed E-state index contributed by atoms with van der Waals surface area (Å²) >= 11 is 0. The van der Waals surface area contributed by atoms with Crippen molar-refractivity contribution in [2.75, 3.05) is 20.8 Å². The molecule has 2 aliphatic carbocycles. The van der Waals surface area contributed by atoms with Gasteiger partial charge >= 0.3 is 0 Å². The van der Waals surface area contributed by atoms with Gasteiger partial charge in [0.15, 0.2) is 11.6 Å². The molecule has 0 aromatic heterocycles. The van der Waals surface area contributed by atoms with Crippen LogP contribution in [-0.2, 0) is 15.9 Å². The number of hydrogen-bond donors (Lipinski definition) is 0. The standard InChI is InChI=1S/C21H28O4/c1-4-20-11-12-25-21(20,24-3)10-9-18(20)17-7-5-14-13-15(23-2)6-8-16(14)19(17)22/h6,8,13,17-18H,4-5,7,9-12H2,1-3H3/t17-,18+,20+,21-/m1/s1. The number of methoxy groups -OCH3 is 2. The summed E-state index contributed by atoms with van der Waals surface area (Å²) in [6.45, 7) is 2.97. The zero-order chi connectivity index (χ0) is 17.7. The Kier molecular flexibility index (Phi) is 4.16. The van der Waals surface area contributed by atoms with Crippen molar-refractivity contribution in [3.63, 3.8) is 0 Å². The van der Waals surface area contributed by atoms with Gasteiger partial charge in [0.25, 0.3) is 0 Å². The molecule has 0 bridgehead atoms. The van der Waals surface area contributed by atoms with Gasteiger partial charge in [0.1, 0.15) is 5.75 Å². The molecule has 2 fully saturated rings. The second-order valence-electron chi connectivity index (χ2n) is 7.74. The maximum absolute atomic E-state index is 13.3. The highest BCUT2D eigenvalue weighted by Gasteiger charge is 2.65. The molecule has 3 aliphatic rings. The van der Waals surface area contributed by atoms with Gasteiger partial charge in [-0.1, -0.05) is 6.92 Å². The largest absolute Gasteiger partial charge is 0.497 e. The maximum Gasteiger partial charge on any atom is 0.173 e. The van der Waals surface area contributed by atoms with E-state index in [1.807, 2.05) is 18.2 Å². The van der Waals surface area contributed by atoms with Crippen LogP contribution in [0.25, 0.3) is 0 Å². The number of benzene rings is 1. The van der Waals surface area contributed by atoms with Crippen molar-refractivity contribution >= 4 is 5.78 Å². The number of Topliss-reactive ketones (excluding diaryl/α,β-unsaturated/α-hetero) is 1. The molecule has 1 aromatic rings. The molecule has 136 valence electrons. The maximum atomic E-state index is 13.3. The fraction of sp³-hybridized carbons (Fsp3) is 0.667. The van der Waals surface area contributed by atoms with Crippen LogP contribution < -0.4 is 4.74 Å². The third-order valence-corrected chi connectivity index (χ3v) is 7.22. The zero-order valence-corrected chi connectivity index (χ0v) is 15.5. The first-order chi connectivity index (χ1) is 12.1. The minimum atomic E-state index is -0.479. The van der Waals surface area contributed by atoms with Crippen LogP contribution in [0.3, 0.4) is 0 Å². The Labute approximate surface area is 149 Å². The highest BCUT2D eigenvalue weighted by Crippen LogP contribution is 2.63. The molecule has 0 spiro atoms. The predicted molar refractivity (Wildman–Crippen MR) is 94.9 cm³/mol. The third-order valence-electron chi connectivity index (χ3n) is 7.22. The Morgan fingerprint density at radius 3 is 2.80 bits per heavy atom. The van der Waals surface area contributed by atoms with Gasteiger partial charge in [0, 0.05) is 30.4 Å². The Morgan fingerprint density at radius 1 is 1.24 bits per heavy atom. The van der Waals surface area contributed by atoms with Gasteiger partial charge in [-0.2, -0.15) is 0 Å².